The molecule has 1 amide bonds. The number of rotatable bonds is 23. The topological polar surface area (TPSA) is 206 Å². The number of hydrogen-bond acceptors (Lipinski definition) is 13. The van der Waals surface area contributed by atoms with Crippen LogP contribution in [0.2, 0.25) is 0 Å². The van der Waals surface area contributed by atoms with E-state index in [1.54, 1.807) is 23.1 Å². The van der Waals surface area contributed by atoms with Crippen LogP contribution in [0.4, 0.5) is 16.2 Å². The van der Waals surface area contributed by atoms with Crippen molar-refractivity contribution in [3.63, 3.8) is 0 Å². The van der Waals surface area contributed by atoms with Crippen molar-refractivity contribution in [2.75, 3.05) is 26.4 Å². The van der Waals surface area contributed by atoms with Crippen molar-refractivity contribution in [1.29, 1.82) is 0 Å². The number of nitro groups is 2. The Morgan fingerprint density at radius 1 is 0.833 bits per heavy atom. The highest BCUT2D eigenvalue weighted by Crippen LogP contribution is 2.62. The number of non-ortho nitro benzene ring substituents is 2. The van der Waals surface area contributed by atoms with E-state index in [1.807, 2.05) is 67.6 Å². The van der Waals surface area contributed by atoms with Gasteiger partial charge in [-0.25, -0.2) is 4.79 Å². The van der Waals surface area contributed by atoms with Crippen molar-refractivity contribution >= 4 is 23.2 Å². The molecular formula is C56H60N4O12. The fourth-order valence-corrected chi connectivity index (χ4v) is 10.5. The maximum atomic E-state index is 14.8. The van der Waals surface area contributed by atoms with E-state index in [2.05, 4.69) is 24.8 Å². The Labute approximate surface area is 418 Å². The van der Waals surface area contributed by atoms with E-state index in [-0.39, 0.29) is 74.3 Å². The predicted octanol–water partition coefficient (Wildman–Crippen LogP) is 11.7. The van der Waals surface area contributed by atoms with Gasteiger partial charge in [-0.05, 0) is 121 Å². The lowest BCUT2D eigenvalue weighted by Crippen LogP contribution is -2.70. The summed E-state index contributed by atoms with van der Waals surface area (Å²) >= 11 is 0. The third-order valence-corrected chi connectivity index (χ3v) is 13.7. The first-order chi connectivity index (χ1) is 35.1. The predicted molar refractivity (Wildman–Crippen MR) is 271 cm³/mol. The molecule has 0 bridgehead atoms. The quantitative estimate of drug-likeness (QED) is 0.0271. The number of hydrogen-bond donors (Lipinski definition) is 2. The molecule has 1 saturated carbocycles. The average molecular weight is 981 g/mol. The van der Waals surface area contributed by atoms with E-state index < -0.39 is 33.7 Å². The lowest BCUT2D eigenvalue weighted by Gasteiger charge is -2.59. The number of amides is 1. The molecule has 2 N–H and O–H groups in total. The van der Waals surface area contributed by atoms with Crippen LogP contribution in [-0.4, -0.2) is 75.0 Å². The number of aliphatic hydroxyl groups excluding tert-OH is 2. The SMILES string of the molecule is C=CCO[C@@]12Oc3ccc(Oc4ccc(-c5ccccc5)cc4)cc3[C@H]3[C@H](CCCCO)[C@@H](CCCCO)C=C(C(=NOCc4ccc([N+](=O)[O-])cc4)C[C@@H]1N(CCC)C(=O)Oc1ccc([N+](=O)[O-])cc1)[C@H]32. The first kappa shape index (κ1) is 51.0. The number of aliphatic hydroxyl groups is 2. The van der Waals surface area contributed by atoms with E-state index in [0.717, 1.165) is 41.5 Å². The molecular weight excluding hydrogens is 921 g/mol. The molecule has 72 heavy (non-hydrogen) atoms. The number of nitro benzene ring substituents is 2. The number of carbonyl (C=O) groups excluding carboxylic acids is 1. The molecule has 0 saturated heterocycles. The number of benzene rings is 5. The van der Waals surface area contributed by atoms with Gasteiger partial charge in [0.05, 0.1) is 28.1 Å². The van der Waals surface area contributed by atoms with E-state index in [9.17, 15) is 35.2 Å². The highest BCUT2D eigenvalue weighted by atomic mass is 16.7. The lowest BCUT2D eigenvalue weighted by atomic mass is 9.55. The average Bonchev–Trinajstić information content (AvgIpc) is 3.39. The maximum absolute atomic E-state index is 14.8. The highest BCUT2D eigenvalue weighted by molar-refractivity contribution is 6.03. The molecule has 1 aliphatic heterocycles. The number of ether oxygens (including phenoxy) is 4. The minimum Gasteiger partial charge on any atom is -0.459 e. The molecule has 376 valence electrons. The fraction of sp³-hybridized carbons (Fsp3) is 0.357. The van der Waals surface area contributed by atoms with Crippen LogP contribution in [0.15, 0.2) is 151 Å². The van der Waals surface area contributed by atoms with Crippen molar-refractivity contribution in [2.24, 2.45) is 22.9 Å². The van der Waals surface area contributed by atoms with E-state index in [4.69, 9.17) is 28.9 Å². The molecule has 16 nitrogen and oxygen atoms in total. The molecule has 5 aromatic rings. The summed E-state index contributed by atoms with van der Waals surface area (Å²) in [7, 11) is 0. The number of unbranched alkanes of at least 4 members (excludes halogenated alkanes) is 2. The van der Waals surface area contributed by atoms with Crippen molar-refractivity contribution in [2.45, 2.75) is 82.6 Å². The van der Waals surface area contributed by atoms with Gasteiger partial charge in [-0.15, -0.1) is 6.58 Å². The normalized spacial score (nSPS) is 21.3. The molecule has 0 radical (unpaired) electrons. The third kappa shape index (κ3) is 11.4. The first-order valence-corrected chi connectivity index (χ1v) is 24.6. The summed E-state index contributed by atoms with van der Waals surface area (Å²) in [5.41, 5.74) is 4.79. The van der Waals surface area contributed by atoms with Gasteiger partial charge in [0.25, 0.3) is 11.4 Å². The Morgan fingerprint density at radius 3 is 2.12 bits per heavy atom. The van der Waals surface area contributed by atoms with E-state index in [0.29, 0.717) is 54.2 Å². The molecule has 1 fully saturated rings. The minimum atomic E-state index is -1.58. The molecule has 8 rings (SSSR count). The Kier molecular flexibility index (Phi) is 16.8. The van der Waals surface area contributed by atoms with Crippen molar-refractivity contribution in [3.8, 4) is 34.1 Å². The summed E-state index contributed by atoms with van der Waals surface area (Å²) in [5, 5.41) is 47.8. The third-order valence-electron chi connectivity index (χ3n) is 13.7. The zero-order valence-corrected chi connectivity index (χ0v) is 40.3. The van der Waals surface area contributed by atoms with Crippen LogP contribution in [0, 0.1) is 38.0 Å². The molecule has 0 aromatic heterocycles. The minimum absolute atomic E-state index is 0.0113. The molecule has 0 unspecified atom stereocenters. The summed E-state index contributed by atoms with van der Waals surface area (Å²) in [4.78, 5) is 44.5. The highest BCUT2D eigenvalue weighted by Gasteiger charge is 2.65. The second-order valence-corrected chi connectivity index (χ2v) is 18.3. The maximum Gasteiger partial charge on any atom is 0.415 e. The van der Waals surface area contributed by atoms with Crippen LogP contribution >= 0.6 is 0 Å². The van der Waals surface area contributed by atoms with Crippen LogP contribution in [0.25, 0.3) is 11.1 Å². The molecule has 6 atom stereocenters. The van der Waals surface area contributed by atoms with Crippen molar-refractivity contribution in [3.05, 3.63) is 177 Å². The summed E-state index contributed by atoms with van der Waals surface area (Å²) in [6, 6.07) is 34.2. The second-order valence-electron chi connectivity index (χ2n) is 18.3. The van der Waals surface area contributed by atoms with Crippen LogP contribution in [0.3, 0.4) is 0 Å². The second kappa shape index (κ2) is 23.7. The number of oxime groups is 1. The van der Waals surface area contributed by atoms with Gasteiger partial charge in [0.15, 0.2) is 0 Å². The Morgan fingerprint density at radius 2 is 1.47 bits per heavy atom. The number of allylic oxidation sites excluding steroid dienone is 1. The molecule has 3 aliphatic rings. The molecule has 16 heteroatoms. The largest absolute Gasteiger partial charge is 0.459 e. The Hall–Kier alpha value is -7.40. The summed E-state index contributed by atoms with van der Waals surface area (Å²) in [6.45, 7) is 6.24. The standard InChI is InChI=1S/C56H60N4O12/c1-3-30-58(55(63)71-45-26-22-43(23-27-45)60(66)67)52-36-50(57-69-37-38-16-20-42(21-17-38)59(64)65)48-34-41(14-8-10-31-61)47(15-9-11-32-62)53-49-35-46(28-29-51(49)72-56(52,54(48)53)68-33-4-2)70-44-24-18-40(19-25-44)39-12-6-5-7-13-39/h4-7,12-13,16-29,34-35,41,47,52-54,61-62H,2-3,8-11,14-15,30-33,36-37H2,1H3/t41-,47+,52-,53+,54+,56+/m0/s1. The molecule has 2 aliphatic carbocycles. The number of nitrogens with zero attached hydrogens (tertiary/aromatic N) is 4. The molecule has 1 heterocycles. The van der Waals surface area contributed by atoms with E-state index in [1.165, 1.54) is 36.4 Å². The van der Waals surface area contributed by atoms with Crippen LogP contribution in [0.5, 0.6) is 23.0 Å². The zero-order valence-electron chi connectivity index (χ0n) is 40.3. The number of fused-ring (bicyclic) bond motifs is 2. The monoisotopic (exact) mass is 980 g/mol. The van der Waals surface area contributed by atoms with Crippen LogP contribution in [0.1, 0.15) is 75.3 Å². The van der Waals surface area contributed by atoms with Crippen molar-refractivity contribution in [1.82, 2.24) is 4.90 Å². The van der Waals surface area contributed by atoms with Gasteiger partial charge in [-0.1, -0.05) is 79.5 Å². The Balaban J connectivity index is 1.28. The Bertz CT molecular complexity index is 2730. The number of carbonyl (C=O) groups is 1. The van der Waals surface area contributed by atoms with Crippen LogP contribution in [-0.2, 0) is 16.2 Å². The fourth-order valence-electron chi connectivity index (χ4n) is 10.5. The van der Waals surface area contributed by atoms with E-state index >= 15 is 0 Å². The first-order valence-electron chi connectivity index (χ1n) is 24.6. The van der Waals surface area contributed by atoms with Gasteiger partial charge in [-0.2, -0.15) is 0 Å². The van der Waals surface area contributed by atoms with Gasteiger partial charge in [0, 0.05) is 61.9 Å². The zero-order chi connectivity index (χ0) is 50.6. The summed E-state index contributed by atoms with van der Waals surface area (Å²) in [5.74, 6) is -0.812. The van der Waals surface area contributed by atoms with Gasteiger partial charge < -0.3 is 34.0 Å². The van der Waals surface area contributed by atoms with Crippen LogP contribution < -0.4 is 14.2 Å². The van der Waals surface area contributed by atoms with Gasteiger partial charge in [-0.3, -0.25) is 25.1 Å². The van der Waals surface area contributed by atoms with Gasteiger partial charge in [0.1, 0.15) is 35.6 Å². The van der Waals surface area contributed by atoms with Gasteiger partial charge >= 0.3 is 6.09 Å². The smallest absolute Gasteiger partial charge is 0.415 e. The summed E-state index contributed by atoms with van der Waals surface area (Å²) < 4.78 is 27.1. The molecule has 5 aromatic carbocycles. The summed E-state index contributed by atoms with van der Waals surface area (Å²) in [6.07, 6.45) is 7.83. The van der Waals surface area contributed by atoms with Gasteiger partial charge in [0.2, 0.25) is 5.79 Å². The van der Waals surface area contributed by atoms with Crippen molar-refractivity contribution < 1.29 is 48.6 Å². The molecule has 0 spiro atoms. The lowest BCUT2D eigenvalue weighted by molar-refractivity contribution is -0.385.